The number of quaternary nitrogens is 2. The third kappa shape index (κ3) is 4.29. The summed E-state index contributed by atoms with van der Waals surface area (Å²) in [7, 11) is 3.46. The molecule has 1 fully saturated rings. The van der Waals surface area contributed by atoms with Crippen LogP contribution < -0.4 is 19.3 Å². The van der Waals surface area contributed by atoms with Gasteiger partial charge in [0.15, 0.2) is 0 Å². The molecule has 2 N–H and O–H groups in total. The smallest absolute Gasteiger partial charge is 0.127 e. The predicted molar refractivity (Wildman–Crippen MR) is 112 cm³/mol. The molecule has 0 radical (unpaired) electrons. The van der Waals surface area contributed by atoms with Crippen molar-refractivity contribution in [3.05, 3.63) is 71.8 Å². The number of fused-ring (bicyclic) bond motifs is 1. The van der Waals surface area contributed by atoms with Gasteiger partial charge in [0.1, 0.15) is 50.8 Å². The summed E-state index contributed by atoms with van der Waals surface area (Å²) in [4.78, 5) is 3.30. The van der Waals surface area contributed by atoms with Crippen molar-refractivity contribution in [1.29, 1.82) is 0 Å². The standard InChI is InChI=1S/C24H28N2O2/c1-27-23-9-10-24(28-2)22(16-23)18-26-13-11-25(12-14-26)17-19-7-8-20-5-3-4-6-21(20)15-19/h3-10,15-16H,11-14,17-18H2,1-2H3/p+2. The molecule has 0 bridgehead atoms. The van der Waals surface area contributed by atoms with E-state index >= 15 is 0 Å². The molecule has 0 atom stereocenters. The van der Waals surface area contributed by atoms with Crippen LogP contribution in [0.5, 0.6) is 11.5 Å². The molecule has 0 aromatic heterocycles. The van der Waals surface area contributed by atoms with Gasteiger partial charge in [0.25, 0.3) is 0 Å². The van der Waals surface area contributed by atoms with Gasteiger partial charge in [0.2, 0.25) is 0 Å². The highest BCUT2D eigenvalue weighted by molar-refractivity contribution is 5.82. The van der Waals surface area contributed by atoms with Gasteiger partial charge >= 0.3 is 0 Å². The van der Waals surface area contributed by atoms with Crippen LogP contribution >= 0.6 is 0 Å². The summed E-state index contributed by atoms with van der Waals surface area (Å²) in [5.74, 6) is 1.86. The van der Waals surface area contributed by atoms with Crippen molar-refractivity contribution >= 4 is 10.8 Å². The normalized spacial score (nSPS) is 19.5. The minimum absolute atomic E-state index is 0.899. The lowest BCUT2D eigenvalue weighted by Crippen LogP contribution is -3.27. The van der Waals surface area contributed by atoms with Crippen molar-refractivity contribution in [1.82, 2.24) is 0 Å². The number of methoxy groups -OCH3 is 2. The minimum Gasteiger partial charge on any atom is -0.497 e. The van der Waals surface area contributed by atoms with Gasteiger partial charge in [-0.2, -0.15) is 0 Å². The molecule has 28 heavy (non-hydrogen) atoms. The number of rotatable bonds is 6. The lowest BCUT2D eigenvalue weighted by molar-refractivity contribution is -1.02. The monoisotopic (exact) mass is 378 g/mol. The molecule has 1 saturated heterocycles. The summed E-state index contributed by atoms with van der Waals surface area (Å²) in [6.45, 7) is 6.87. The first-order valence-electron chi connectivity index (χ1n) is 10.1. The maximum atomic E-state index is 5.55. The second-order valence-corrected chi connectivity index (χ2v) is 7.71. The molecule has 0 saturated carbocycles. The molecule has 1 aliphatic heterocycles. The summed E-state index contributed by atoms with van der Waals surface area (Å²) in [6.07, 6.45) is 0. The first-order valence-corrected chi connectivity index (χ1v) is 10.1. The number of hydrogen-bond acceptors (Lipinski definition) is 2. The second-order valence-electron chi connectivity index (χ2n) is 7.71. The lowest BCUT2D eigenvalue weighted by Gasteiger charge is -2.30. The van der Waals surface area contributed by atoms with Crippen LogP contribution in [0.2, 0.25) is 0 Å². The molecule has 1 heterocycles. The quantitative estimate of drug-likeness (QED) is 0.677. The molecule has 3 aromatic carbocycles. The summed E-state index contributed by atoms with van der Waals surface area (Å²) in [5, 5.41) is 2.66. The van der Waals surface area contributed by atoms with Crippen molar-refractivity contribution in [3.8, 4) is 11.5 Å². The van der Waals surface area contributed by atoms with E-state index in [-0.39, 0.29) is 0 Å². The zero-order chi connectivity index (χ0) is 19.3. The first-order chi connectivity index (χ1) is 13.7. The van der Waals surface area contributed by atoms with E-state index in [1.165, 1.54) is 48.1 Å². The number of piperazine rings is 1. The van der Waals surface area contributed by atoms with Gasteiger partial charge in [-0.25, -0.2) is 0 Å². The zero-order valence-electron chi connectivity index (χ0n) is 16.8. The van der Waals surface area contributed by atoms with Crippen molar-refractivity contribution in [2.75, 3.05) is 40.4 Å². The fourth-order valence-corrected chi connectivity index (χ4v) is 4.24. The fourth-order valence-electron chi connectivity index (χ4n) is 4.24. The van der Waals surface area contributed by atoms with Crippen LogP contribution in [0.15, 0.2) is 60.7 Å². The van der Waals surface area contributed by atoms with E-state index in [0.717, 1.165) is 24.6 Å². The van der Waals surface area contributed by atoms with E-state index in [2.05, 4.69) is 48.5 Å². The van der Waals surface area contributed by atoms with Crippen LogP contribution in [0.3, 0.4) is 0 Å². The van der Waals surface area contributed by atoms with Crippen LogP contribution in [-0.2, 0) is 13.1 Å². The highest BCUT2D eigenvalue weighted by Gasteiger charge is 2.24. The van der Waals surface area contributed by atoms with Crippen LogP contribution in [0.25, 0.3) is 10.8 Å². The van der Waals surface area contributed by atoms with E-state index in [0.29, 0.717) is 0 Å². The second kappa shape index (κ2) is 8.63. The van der Waals surface area contributed by atoms with E-state index < -0.39 is 0 Å². The molecule has 0 spiro atoms. The Labute approximate surface area is 167 Å². The Morgan fingerprint density at radius 2 is 1.43 bits per heavy atom. The maximum absolute atomic E-state index is 5.55. The molecule has 1 aliphatic rings. The first kappa shape index (κ1) is 18.8. The van der Waals surface area contributed by atoms with Crippen molar-refractivity contribution < 1.29 is 19.3 Å². The minimum atomic E-state index is 0.899. The van der Waals surface area contributed by atoms with Gasteiger partial charge in [-0.05, 0) is 35.0 Å². The highest BCUT2D eigenvalue weighted by atomic mass is 16.5. The van der Waals surface area contributed by atoms with E-state index in [1.807, 2.05) is 12.1 Å². The summed E-state index contributed by atoms with van der Waals surface area (Å²) >= 11 is 0. The Morgan fingerprint density at radius 3 is 2.14 bits per heavy atom. The molecule has 4 heteroatoms. The largest absolute Gasteiger partial charge is 0.497 e. The van der Waals surface area contributed by atoms with E-state index in [4.69, 9.17) is 9.47 Å². The molecule has 0 unspecified atom stereocenters. The summed E-state index contributed by atoms with van der Waals surface area (Å²) in [6, 6.07) is 21.6. The van der Waals surface area contributed by atoms with Gasteiger partial charge in [-0.15, -0.1) is 0 Å². The van der Waals surface area contributed by atoms with Gasteiger partial charge in [0, 0.05) is 5.56 Å². The van der Waals surface area contributed by atoms with Crippen LogP contribution in [0, 0.1) is 0 Å². The SMILES string of the molecule is COc1ccc(OC)c(C[NH+]2CC[NH+](Cc3ccc4ccccc4c3)CC2)c1. The Morgan fingerprint density at radius 1 is 0.714 bits per heavy atom. The highest BCUT2D eigenvalue weighted by Crippen LogP contribution is 2.23. The van der Waals surface area contributed by atoms with Gasteiger partial charge in [-0.3, -0.25) is 0 Å². The number of hydrogen-bond donors (Lipinski definition) is 2. The number of nitrogens with one attached hydrogen (secondary N) is 2. The molecular formula is C24H30N2O2+2. The van der Waals surface area contributed by atoms with Gasteiger partial charge in [0.05, 0.1) is 19.8 Å². The summed E-state index contributed by atoms with van der Waals surface area (Å²) in [5.41, 5.74) is 2.67. The average molecular weight is 379 g/mol. The van der Waals surface area contributed by atoms with Crippen molar-refractivity contribution in [2.24, 2.45) is 0 Å². The van der Waals surface area contributed by atoms with Crippen LogP contribution in [0.4, 0.5) is 0 Å². The van der Waals surface area contributed by atoms with E-state index in [1.54, 1.807) is 24.0 Å². The molecule has 146 valence electrons. The zero-order valence-corrected chi connectivity index (χ0v) is 16.8. The molecule has 4 nitrogen and oxygen atoms in total. The Bertz CT molecular complexity index is 933. The molecule has 0 amide bonds. The van der Waals surface area contributed by atoms with Crippen LogP contribution in [0.1, 0.15) is 11.1 Å². The fraction of sp³-hybridized carbons (Fsp3) is 0.333. The predicted octanol–water partition coefficient (Wildman–Crippen LogP) is 1.34. The lowest BCUT2D eigenvalue weighted by atomic mass is 10.1. The Hall–Kier alpha value is -2.56. The van der Waals surface area contributed by atoms with Crippen molar-refractivity contribution in [3.63, 3.8) is 0 Å². The molecule has 4 rings (SSSR count). The van der Waals surface area contributed by atoms with Gasteiger partial charge < -0.3 is 19.3 Å². The maximum Gasteiger partial charge on any atom is 0.127 e. The van der Waals surface area contributed by atoms with Crippen LogP contribution in [-0.4, -0.2) is 40.4 Å². The number of benzene rings is 3. The average Bonchev–Trinajstić information content (AvgIpc) is 2.75. The molecule has 3 aromatic rings. The van der Waals surface area contributed by atoms with Crippen molar-refractivity contribution in [2.45, 2.75) is 13.1 Å². The molecular weight excluding hydrogens is 348 g/mol. The third-order valence-electron chi connectivity index (χ3n) is 5.86. The summed E-state index contributed by atoms with van der Waals surface area (Å²) < 4.78 is 10.9. The molecule has 0 aliphatic carbocycles. The third-order valence-corrected chi connectivity index (χ3v) is 5.86. The Kier molecular flexibility index (Phi) is 5.79. The Balaban J connectivity index is 1.35. The van der Waals surface area contributed by atoms with Gasteiger partial charge in [-0.1, -0.05) is 36.4 Å². The topological polar surface area (TPSA) is 27.3 Å². The number of ether oxygens (including phenoxy) is 2. The van der Waals surface area contributed by atoms with E-state index in [9.17, 15) is 0 Å².